The predicted molar refractivity (Wildman–Crippen MR) is 71.0 cm³/mol. The minimum Gasteiger partial charge on any atom is -0.392 e. The third-order valence-electron chi connectivity index (χ3n) is 3.20. The fourth-order valence-electron chi connectivity index (χ4n) is 2.13. The summed E-state index contributed by atoms with van der Waals surface area (Å²) in [5.41, 5.74) is 2.31. The maximum absolute atomic E-state index is 13.5. The van der Waals surface area contributed by atoms with Crippen LogP contribution in [0.5, 0.6) is 0 Å². The summed E-state index contributed by atoms with van der Waals surface area (Å²) < 4.78 is 26.6. The zero-order valence-electron chi connectivity index (χ0n) is 10.7. The Kier molecular flexibility index (Phi) is 4.27. The van der Waals surface area contributed by atoms with Crippen molar-refractivity contribution in [2.75, 3.05) is 0 Å². The van der Waals surface area contributed by atoms with Crippen LogP contribution in [0.1, 0.15) is 16.7 Å². The Bertz CT molecular complexity index is 566. The minimum absolute atomic E-state index is 0.109. The molecule has 0 spiro atoms. The van der Waals surface area contributed by atoms with E-state index in [-0.39, 0.29) is 12.0 Å². The molecule has 0 saturated carbocycles. The maximum Gasteiger partial charge on any atom is 0.162 e. The molecule has 2 aromatic carbocycles. The molecule has 100 valence electrons. The zero-order chi connectivity index (χ0) is 13.8. The van der Waals surface area contributed by atoms with Gasteiger partial charge in [0.2, 0.25) is 0 Å². The molecule has 1 unspecified atom stereocenters. The van der Waals surface area contributed by atoms with Crippen molar-refractivity contribution >= 4 is 0 Å². The van der Waals surface area contributed by atoms with Crippen molar-refractivity contribution in [3.05, 3.63) is 70.8 Å². The van der Waals surface area contributed by atoms with Crippen molar-refractivity contribution in [3.63, 3.8) is 0 Å². The smallest absolute Gasteiger partial charge is 0.162 e. The first-order chi connectivity index (χ1) is 9.08. The number of rotatable bonds is 4. The Labute approximate surface area is 111 Å². The molecule has 3 heteroatoms. The first-order valence-corrected chi connectivity index (χ1v) is 6.23. The topological polar surface area (TPSA) is 20.2 Å². The highest BCUT2D eigenvalue weighted by Crippen LogP contribution is 2.16. The van der Waals surface area contributed by atoms with Gasteiger partial charge in [0.25, 0.3) is 0 Å². The van der Waals surface area contributed by atoms with Gasteiger partial charge < -0.3 is 5.11 Å². The lowest BCUT2D eigenvalue weighted by atomic mass is 9.98. The fraction of sp³-hybridized carbons (Fsp3) is 0.250. The predicted octanol–water partition coefficient (Wildman–Crippen LogP) is 3.42. The first-order valence-electron chi connectivity index (χ1n) is 6.23. The Morgan fingerprint density at radius 2 is 1.58 bits per heavy atom. The molecule has 0 bridgehead atoms. The molecule has 1 N–H and O–H groups in total. The van der Waals surface area contributed by atoms with E-state index in [1.807, 2.05) is 31.2 Å². The van der Waals surface area contributed by atoms with E-state index in [9.17, 15) is 13.9 Å². The highest BCUT2D eigenvalue weighted by Gasteiger charge is 2.13. The van der Waals surface area contributed by atoms with E-state index >= 15 is 0 Å². The lowest BCUT2D eigenvalue weighted by Crippen LogP contribution is -2.15. The van der Waals surface area contributed by atoms with Crippen LogP contribution >= 0.6 is 0 Å². The van der Waals surface area contributed by atoms with E-state index in [0.717, 1.165) is 17.2 Å². The van der Waals surface area contributed by atoms with E-state index in [1.54, 1.807) is 0 Å². The zero-order valence-corrected chi connectivity index (χ0v) is 10.7. The molecule has 1 atom stereocenters. The Balaban J connectivity index is 2.08. The van der Waals surface area contributed by atoms with Crippen LogP contribution in [0.25, 0.3) is 0 Å². The van der Waals surface area contributed by atoms with E-state index in [0.29, 0.717) is 6.42 Å². The van der Waals surface area contributed by atoms with Crippen molar-refractivity contribution < 1.29 is 13.9 Å². The second-order valence-electron chi connectivity index (χ2n) is 4.70. The van der Waals surface area contributed by atoms with Gasteiger partial charge in [0.15, 0.2) is 11.6 Å². The summed E-state index contributed by atoms with van der Waals surface area (Å²) >= 11 is 0. The second kappa shape index (κ2) is 5.93. The lowest BCUT2D eigenvalue weighted by Gasteiger charge is -2.13. The van der Waals surface area contributed by atoms with Gasteiger partial charge in [-0.1, -0.05) is 36.4 Å². The number of aryl methyl sites for hydroxylation is 1. The standard InChI is InChI=1S/C16H16F2O/c1-11-5-2-3-6-12(11)9-14(19)10-13-7-4-8-15(17)16(13)18/h2-8,14,19H,9-10H2,1H3. The van der Waals surface area contributed by atoms with Crippen LogP contribution < -0.4 is 0 Å². The van der Waals surface area contributed by atoms with E-state index in [1.165, 1.54) is 12.1 Å². The minimum atomic E-state index is -0.874. The molecule has 0 radical (unpaired) electrons. The average Bonchev–Trinajstić information content (AvgIpc) is 2.38. The van der Waals surface area contributed by atoms with Crippen molar-refractivity contribution in [3.8, 4) is 0 Å². The summed E-state index contributed by atoms with van der Waals surface area (Å²) in [4.78, 5) is 0. The van der Waals surface area contributed by atoms with Crippen LogP contribution in [0.2, 0.25) is 0 Å². The van der Waals surface area contributed by atoms with Gasteiger partial charge in [-0.25, -0.2) is 8.78 Å². The molecule has 0 aliphatic heterocycles. The number of aliphatic hydroxyl groups excluding tert-OH is 1. The molecule has 0 fully saturated rings. The molecular formula is C16H16F2O. The van der Waals surface area contributed by atoms with Crippen LogP contribution in [-0.2, 0) is 12.8 Å². The van der Waals surface area contributed by atoms with E-state index in [4.69, 9.17) is 0 Å². The van der Waals surface area contributed by atoms with Gasteiger partial charge in [0.1, 0.15) is 0 Å². The number of aliphatic hydroxyl groups is 1. The summed E-state index contributed by atoms with van der Waals surface area (Å²) in [5, 5.41) is 10.0. The third kappa shape index (κ3) is 3.38. The molecule has 19 heavy (non-hydrogen) atoms. The molecule has 0 aromatic heterocycles. The molecule has 0 heterocycles. The summed E-state index contributed by atoms with van der Waals surface area (Å²) in [6.45, 7) is 1.96. The van der Waals surface area contributed by atoms with Gasteiger partial charge in [-0.05, 0) is 36.1 Å². The Morgan fingerprint density at radius 1 is 0.947 bits per heavy atom. The highest BCUT2D eigenvalue weighted by molar-refractivity contribution is 5.27. The molecule has 2 aromatic rings. The maximum atomic E-state index is 13.5. The van der Waals surface area contributed by atoms with Gasteiger partial charge in [0.05, 0.1) is 6.10 Å². The van der Waals surface area contributed by atoms with Crippen molar-refractivity contribution in [2.45, 2.75) is 25.9 Å². The molecule has 0 amide bonds. The Morgan fingerprint density at radius 3 is 2.32 bits per heavy atom. The molecular weight excluding hydrogens is 246 g/mol. The summed E-state index contributed by atoms with van der Waals surface area (Å²) in [5.74, 6) is -1.74. The van der Waals surface area contributed by atoms with Crippen molar-refractivity contribution in [1.82, 2.24) is 0 Å². The van der Waals surface area contributed by atoms with Gasteiger partial charge >= 0.3 is 0 Å². The van der Waals surface area contributed by atoms with Crippen LogP contribution in [0, 0.1) is 18.6 Å². The van der Waals surface area contributed by atoms with Crippen molar-refractivity contribution in [2.24, 2.45) is 0 Å². The number of benzene rings is 2. The molecule has 1 nitrogen and oxygen atoms in total. The fourth-order valence-corrected chi connectivity index (χ4v) is 2.13. The van der Waals surface area contributed by atoms with Crippen LogP contribution in [0.15, 0.2) is 42.5 Å². The monoisotopic (exact) mass is 262 g/mol. The summed E-state index contributed by atoms with van der Waals surface area (Å²) in [6, 6.07) is 11.8. The second-order valence-corrected chi connectivity index (χ2v) is 4.70. The van der Waals surface area contributed by atoms with Crippen LogP contribution in [0.3, 0.4) is 0 Å². The van der Waals surface area contributed by atoms with Crippen molar-refractivity contribution in [1.29, 1.82) is 0 Å². The van der Waals surface area contributed by atoms with E-state index in [2.05, 4.69) is 0 Å². The molecule has 0 saturated heterocycles. The number of halogens is 2. The first kappa shape index (κ1) is 13.7. The lowest BCUT2D eigenvalue weighted by molar-refractivity contribution is 0.173. The molecule has 2 rings (SSSR count). The van der Waals surface area contributed by atoms with Gasteiger partial charge in [-0.15, -0.1) is 0 Å². The van der Waals surface area contributed by atoms with Crippen LogP contribution in [0.4, 0.5) is 8.78 Å². The largest absolute Gasteiger partial charge is 0.392 e. The van der Waals surface area contributed by atoms with E-state index < -0.39 is 17.7 Å². The highest BCUT2D eigenvalue weighted by atomic mass is 19.2. The van der Waals surface area contributed by atoms with Crippen LogP contribution in [-0.4, -0.2) is 11.2 Å². The quantitative estimate of drug-likeness (QED) is 0.895. The number of hydrogen-bond donors (Lipinski definition) is 1. The summed E-state index contributed by atoms with van der Waals surface area (Å²) in [6.07, 6.45) is -0.182. The van der Waals surface area contributed by atoms with Gasteiger partial charge in [-0.3, -0.25) is 0 Å². The van der Waals surface area contributed by atoms with Gasteiger partial charge in [0, 0.05) is 6.42 Å². The molecule has 0 aliphatic rings. The number of hydrogen-bond acceptors (Lipinski definition) is 1. The SMILES string of the molecule is Cc1ccccc1CC(O)Cc1cccc(F)c1F. The van der Waals surface area contributed by atoms with Gasteiger partial charge in [-0.2, -0.15) is 0 Å². The molecule has 0 aliphatic carbocycles. The average molecular weight is 262 g/mol. The Hall–Kier alpha value is -1.74. The summed E-state index contributed by atoms with van der Waals surface area (Å²) in [7, 11) is 0. The third-order valence-corrected chi connectivity index (χ3v) is 3.20. The normalized spacial score (nSPS) is 12.4.